The number of fused-ring (bicyclic) bond motifs is 1. The second kappa shape index (κ2) is 11.4. The molecule has 0 bridgehead atoms. The van der Waals surface area contributed by atoms with E-state index >= 15 is 0 Å². The van der Waals surface area contributed by atoms with Gasteiger partial charge < -0.3 is 19.9 Å². The Balaban J connectivity index is 1.37. The number of piperazine rings is 1. The molecule has 0 aliphatic carbocycles. The van der Waals surface area contributed by atoms with Crippen molar-refractivity contribution in [3.05, 3.63) is 76.2 Å². The van der Waals surface area contributed by atoms with Crippen LogP contribution in [-0.4, -0.2) is 65.4 Å². The summed E-state index contributed by atoms with van der Waals surface area (Å²) in [6, 6.07) is 12.7. The lowest BCUT2D eigenvalue weighted by atomic mass is 9.99. The molecule has 2 fully saturated rings. The number of aryl methyl sites for hydroxylation is 1. The van der Waals surface area contributed by atoms with Crippen molar-refractivity contribution in [3.8, 4) is 11.1 Å². The van der Waals surface area contributed by atoms with Crippen LogP contribution in [0.15, 0.2) is 59.5 Å². The first-order valence-electron chi connectivity index (χ1n) is 14.2. The maximum atomic E-state index is 13.9. The summed E-state index contributed by atoms with van der Waals surface area (Å²) >= 11 is 0. The summed E-state index contributed by atoms with van der Waals surface area (Å²) < 4.78 is 48.8. The minimum atomic E-state index is -4.61. The molecule has 4 heterocycles. The molecule has 2 aliphatic rings. The number of halogens is 3. The highest BCUT2D eigenvalue weighted by atomic mass is 19.4. The molecule has 4 aromatic rings. The predicted octanol–water partition coefficient (Wildman–Crippen LogP) is 5.46. The zero-order chi connectivity index (χ0) is 29.4. The van der Waals surface area contributed by atoms with Crippen molar-refractivity contribution in [1.29, 1.82) is 0 Å². The molecule has 220 valence electrons. The van der Waals surface area contributed by atoms with Crippen LogP contribution in [0.2, 0.25) is 0 Å². The van der Waals surface area contributed by atoms with Crippen molar-refractivity contribution >= 4 is 28.4 Å². The van der Waals surface area contributed by atoms with E-state index in [1.807, 2.05) is 12.1 Å². The van der Waals surface area contributed by atoms with Gasteiger partial charge in [-0.25, -0.2) is 4.98 Å². The molecule has 11 heteroatoms. The highest BCUT2D eigenvalue weighted by molar-refractivity contribution is 5.83. The lowest BCUT2D eigenvalue weighted by molar-refractivity contribution is -0.137. The van der Waals surface area contributed by atoms with Gasteiger partial charge in [0.05, 0.1) is 18.2 Å². The molecule has 1 N–H and O–H groups in total. The molecule has 0 unspecified atom stereocenters. The number of hydrogen-bond donors (Lipinski definition) is 1. The van der Waals surface area contributed by atoms with Crippen molar-refractivity contribution in [2.45, 2.75) is 38.6 Å². The largest absolute Gasteiger partial charge is 0.417 e. The minimum absolute atomic E-state index is 0.0483. The third kappa shape index (κ3) is 5.71. The van der Waals surface area contributed by atoms with E-state index in [9.17, 15) is 18.0 Å². The van der Waals surface area contributed by atoms with Crippen LogP contribution in [0.25, 0.3) is 22.2 Å². The number of alkyl halides is 3. The van der Waals surface area contributed by atoms with Crippen LogP contribution in [0.4, 0.5) is 30.5 Å². The first kappa shape index (κ1) is 28.2. The number of rotatable bonds is 6. The lowest BCUT2D eigenvalue weighted by Gasteiger charge is -2.35. The number of benzene rings is 2. The van der Waals surface area contributed by atoms with Crippen molar-refractivity contribution in [3.63, 3.8) is 0 Å². The summed E-state index contributed by atoms with van der Waals surface area (Å²) in [5.41, 5.74) is 1.81. The normalized spacial score (nSPS) is 18.1. The molecule has 2 aliphatic heterocycles. The Kier molecular flexibility index (Phi) is 7.63. The lowest BCUT2D eigenvalue weighted by Crippen LogP contribution is -2.44. The van der Waals surface area contributed by atoms with Crippen LogP contribution in [-0.2, 0) is 17.5 Å². The standard InChI is InChI=1S/C31H33F3N6O2/c1-20-16-22(9-10-27(20)39-13-11-38(2)12-14-39)36-30-35-18-21-17-25(24-7-3-4-8-26(24)31(32,33)34)29(41)40(28(21)37-30)19-23-6-5-15-42-23/h3-4,7-10,16-18,23H,5-6,11-15,19H2,1-2H3,(H,35,36,37)/t23-/m1/s1. The molecule has 2 saturated heterocycles. The summed E-state index contributed by atoms with van der Waals surface area (Å²) in [4.78, 5) is 27.6. The second-order valence-corrected chi connectivity index (χ2v) is 11.0. The van der Waals surface area contributed by atoms with Crippen molar-refractivity contribution < 1.29 is 17.9 Å². The molecule has 42 heavy (non-hydrogen) atoms. The number of pyridine rings is 1. The van der Waals surface area contributed by atoms with Gasteiger partial charge in [0.1, 0.15) is 5.65 Å². The van der Waals surface area contributed by atoms with Crippen LogP contribution in [0.1, 0.15) is 24.0 Å². The van der Waals surface area contributed by atoms with E-state index < -0.39 is 17.3 Å². The average molecular weight is 579 g/mol. The number of hydrogen-bond acceptors (Lipinski definition) is 7. The van der Waals surface area contributed by atoms with E-state index in [2.05, 4.69) is 45.1 Å². The molecule has 2 aromatic heterocycles. The van der Waals surface area contributed by atoms with Gasteiger partial charge in [-0.3, -0.25) is 9.36 Å². The zero-order valence-corrected chi connectivity index (χ0v) is 23.6. The number of ether oxygens (including phenoxy) is 1. The number of aromatic nitrogens is 3. The number of nitrogens with zero attached hydrogens (tertiary/aromatic N) is 5. The maximum absolute atomic E-state index is 13.9. The van der Waals surface area contributed by atoms with Gasteiger partial charge in [0.2, 0.25) is 5.95 Å². The van der Waals surface area contributed by atoms with E-state index in [1.54, 1.807) is 6.20 Å². The van der Waals surface area contributed by atoms with E-state index in [1.165, 1.54) is 34.5 Å². The van der Waals surface area contributed by atoms with E-state index in [4.69, 9.17) is 4.74 Å². The van der Waals surface area contributed by atoms with Gasteiger partial charge in [0.15, 0.2) is 0 Å². The molecule has 0 saturated carbocycles. The minimum Gasteiger partial charge on any atom is -0.376 e. The highest BCUT2D eigenvalue weighted by Gasteiger charge is 2.34. The summed E-state index contributed by atoms with van der Waals surface area (Å²) in [6.45, 7) is 6.81. The fourth-order valence-electron chi connectivity index (χ4n) is 5.80. The molecule has 2 aromatic carbocycles. The summed E-state index contributed by atoms with van der Waals surface area (Å²) in [5, 5.41) is 3.71. The predicted molar refractivity (Wildman–Crippen MR) is 157 cm³/mol. The SMILES string of the molecule is Cc1cc(Nc2ncc3cc(-c4ccccc4C(F)(F)F)c(=O)n(C[C@H]4CCCO4)c3n2)ccc1N1CCN(C)CC1. The smallest absolute Gasteiger partial charge is 0.376 e. The third-order valence-electron chi connectivity index (χ3n) is 8.06. The fourth-order valence-corrected chi connectivity index (χ4v) is 5.80. The Morgan fingerprint density at radius 3 is 2.55 bits per heavy atom. The third-order valence-corrected chi connectivity index (χ3v) is 8.06. The molecular weight excluding hydrogens is 545 g/mol. The maximum Gasteiger partial charge on any atom is 0.417 e. The highest BCUT2D eigenvalue weighted by Crippen LogP contribution is 2.36. The molecule has 0 spiro atoms. The zero-order valence-electron chi connectivity index (χ0n) is 23.6. The number of nitrogens with one attached hydrogen (secondary N) is 1. The van der Waals surface area contributed by atoms with Crippen LogP contribution < -0.4 is 15.8 Å². The number of likely N-dealkylation sites (N-methyl/N-ethyl adjacent to an activating group) is 1. The molecule has 0 amide bonds. The van der Waals surface area contributed by atoms with E-state index in [0.717, 1.165) is 56.3 Å². The Morgan fingerprint density at radius 1 is 1.05 bits per heavy atom. The average Bonchev–Trinajstić information content (AvgIpc) is 3.48. The monoisotopic (exact) mass is 578 g/mol. The fraction of sp³-hybridized carbons (Fsp3) is 0.387. The Hall–Kier alpha value is -3.96. The molecular formula is C31H33F3N6O2. The van der Waals surface area contributed by atoms with Crippen molar-refractivity contribution in [2.75, 3.05) is 50.1 Å². The van der Waals surface area contributed by atoms with Gasteiger partial charge in [-0.15, -0.1) is 0 Å². The van der Waals surface area contributed by atoms with Gasteiger partial charge in [-0.1, -0.05) is 18.2 Å². The molecule has 8 nitrogen and oxygen atoms in total. The van der Waals surface area contributed by atoms with Gasteiger partial charge >= 0.3 is 6.18 Å². The molecule has 1 atom stereocenters. The van der Waals surface area contributed by atoms with Crippen molar-refractivity contribution in [1.82, 2.24) is 19.4 Å². The van der Waals surface area contributed by atoms with Gasteiger partial charge in [0, 0.05) is 61.3 Å². The Labute approximate surface area is 241 Å². The summed E-state index contributed by atoms with van der Waals surface area (Å²) in [5.74, 6) is 0.290. The Bertz CT molecular complexity index is 1660. The van der Waals surface area contributed by atoms with Gasteiger partial charge in [-0.2, -0.15) is 18.2 Å². The summed E-state index contributed by atoms with van der Waals surface area (Å²) in [6.07, 6.45) is -1.68. The molecule has 0 radical (unpaired) electrons. The first-order valence-corrected chi connectivity index (χ1v) is 14.2. The summed E-state index contributed by atoms with van der Waals surface area (Å²) in [7, 11) is 2.13. The van der Waals surface area contributed by atoms with Gasteiger partial charge in [0.25, 0.3) is 5.56 Å². The van der Waals surface area contributed by atoms with E-state index in [0.29, 0.717) is 17.6 Å². The van der Waals surface area contributed by atoms with Crippen LogP contribution >= 0.6 is 0 Å². The van der Waals surface area contributed by atoms with Gasteiger partial charge in [-0.05, 0) is 68.3 Å². The van der Waals surface area contributed by atoms with Crippen molar-refractivity contribution in [2.24, 2.45) is 0 Å². The first-order chi connectivity index (χ1) is 20.2. The van der Waals surface area contributed by atoms with E-state index in [-0.39, 0.29) is 29.7 Å². The Morgan fingerprint density at radius 2 is 1.83 bits per heavy atom. The topological polar surface area (TPSA) is 75.5 Å². The van der Waals surface area contributed by atoms with Crippen LogP contribution in [0, 0.1) is 6.92 Å². The second-order valence-electron chi connectivity index (χ2n) is 11.0. The molecule has 6 rings (SSSR count). The van der Waals surface area contributed by atoms with Crippen LogP contribution in [0.3, 0.4) is 0 Å². The number of anilines is 3. The van der Waals surface area contributed by atoms with Crippen LogP contribution in [0.5, 0.6) is 0 Å². The quantitative estimate of drug-likeness (QED) is 0.326.